The molecule has 0 fully saturated rings. The van der Waals surface area contributed by atoms with E-state index in [9.17, 15) is 0 Å². The van der Waals surface area contributed by atoms with Crippen LogP contribution >= 0.6 is 0 Å². The lowest BCUT2D eigenvalue weighted by Crippen LogP contribution is -1.95. The fourth-order valence-corrected chi connectivity index (χ4v) is 1.64. The van der Waals surface area contributed by atoms with E-state index in [1.165, 1.54) is 11.1 Å². The monoisotopic (exact) mass is 219 g/mol. The molecule has 0 radical (unpaired) electrons. The Morgan fingerprint density at radius 1 is 1.25 bits per heavy atom. The Hall–Kier alpha value is -1.11. The minimum atomic E-state index is 0.683. The maximum Gasteiger partial charge on any atom is 0.0686 e. The van der Waals surface area contributed by atoms with Gasteiger partial charge in [0.15, 0.2) is 0 Å². The average molecular weight is 219 g/mol. The molecule has 16 heavy (non-hydrogen) atoms. The van der Waals surface area contributed by atoms with Gasteiger partial charge in [-0.25, -0.2) is 0 Å². The van der Waals surface area contributed by atoms with E-state index < -0.39 is 0 Å². The summed E-state index contributed by atoms with van der Waals surface area (Å²) < 4.78 is 0. The zero-order valence-electron chi connectivity index (χ0n) is 11.5. The Labute approximate surface area is 101 Å². The summed E-state index contributed by atoms with van der Waals surface area (Å²) in [4.78, 5) is 4.43. The molecule has 0 saturated heterocycles. The lowest BCUT2D eigenvalue weighted by atomic mass is 9.99. The summed E-state index contributed by atoms with van der Waals surface area (Å²) in [5.74, 6) is 0.683. The van der Waals surface area contributed by atoms with Gasteiger partial charge in [-0.05, 0) is 37.3 Å². The van der Waals surface area contributed by atoms with Crippen LogP contribution in [0.5, 0.6) is 0 Å². The highest BCUT2D eigenvalue weighted by molar-refractivity contribution is 5.64. The first kappa shape index (κ1) is 14.9. The second-order valence-electron chi connectivity index (χ2n) is 4.07. The van der Waals surface area contributed by atoms with Crippen LogP contribution in [0.4, 0.5) is 5.69 Å². The van der Waals surface area contributed by atoms with Crippen molar-refractivity contribution in [2.75, 3.05) is 0 Å². The average Bonchev–Trinajstić information content (AvgIpc) is 2.25. The predicted octanol–water partition coefficient (Wildman–Crippen LogP) is 4.94. The molecule has 0 bridgehead atoms. The Balaban J connectivity index is 0.00000106. The third kappa shape index (κ3) is 4.61. The summed E-state index contributed by atoms with van der Waals surface area (Å²) in [7, 11) is 0. The summed E-state index contributed by atoms with van der Waals surface area (Å²) in [5, 5.41) is 0. The van der Waals surface area contributed by atoms with Crippen LogP contribution in [0.3, 0.4) is 0 Å². The summed E-state index contributed by atoms with van der Waals surface area (Å²) >= 11 is 0. The highest BCUT2D eigenvalue weighted by Gasteiger charge is 2.05. The number of nitrogens with zero attached hydrogens (tertiary/aromatic N) is 1. The third-order valence-corrected chi connectivity index (χ3v) is 2.21. The van der Waals surface area contributed by atoms with Crippen LogP contribution < -0.4 is 0 Å². The van der Waals surface area contributed by atoms with Gasteiger partial charge in [-0.15, -0.1) is 0 Å². The van der Waals surface area contributed by atoms with Gasteiger partial charge in [0.05, 0.1) is 5.69 Å². The summed E-state index contributed by atoms with van der Waals surface area (Å²) in [6.07, 6.45) is 2.97. The zero-order chi connectivity index (χ0) is 12.6. The molecule has 90 valence electrons. The number of hydrogen-bond donors (Lipinski definition) is 0. The van der Waals surface area contributed by atoms with Crippen LogP contribution in [-0.2, 0) is 6.42 Å². The van der Waals surface area contributed by atoms with Gasteiger partial charge in [0, 0.05) is 6.21 Å². The van der Waals surface area contributed by atoms with E-state index in [1.807, 2.05) is 27.0 Å². The van der Waals surface area contributed by atoms with Crippen molar-refractivity contribution in [3.63, 3.8) is 0 Å². The molecule has 0 unspecified atom stereocenters. The highest BCUT2D eigenvalue weighted by atomic mass is 14.7. The van der Waals surface area contributed by atoms with Crippen LogP contribution in [-0.4, -0.2) is 6.21 Å². The number of rotatable bonds is 3. The van der Waals surface area contributed by atoms with E-state index in [4.69, 9.17) is 0 Å². The normalized spacial score (nSPS) is 10.4. The number of para-hydroxylation sites is 1. The molecule has 0 amide bonds. The van der Waals surface area contributed by atoms with Gasteiger partial charge in [0.2, 0.25) is 0 Å². The van der Waals surface area contributed by atoms with Gasteiger partial charge in [0.1, 0.15) is 0 Å². The second kappa shape index (κ2) is 8.09. The van der Waals surface area contributed by atoms with Crippen LogP contribution in [0.2, 0.25) is 0 Å². The maximum atomic E-state index is 4.43. The first-order valence-electron chi connectivity index (χ1n) is 6.22. The highest BCUT2D eigenvalue weighted by Crippen LogP contribution is 2.25. The van der Waals surface area contributed by atoms with Gasteiger partial charge >= 0.3 is 0 Å². The Morgan fingerprint density at radius 3 is 2.38 bits per heavy atom. The molecule has 0 aliphatic rings. The molecular weight excluding hydrogens is 194 g/mol. The molecule has 1 heteroatoms. The van der Waals surface area contributed by atoms with Gasteiger partial charge in [-0.1, -0.05) is 45.9 Å². The zero-order valence-corrected chi connectivity index (χ0v) is 11.5. The van der Waals surface area contributed by atoms with Crippen LogP contribution in [0, 0.1) is 12.8 Å². The molecule has 0 N–H and O–H groups in total. The molecule has 0 spiro atoms. The topological polar surface area (TPSA) is 12.4 Å². The number of aliphatic imine (C=N–C) groups is 1. The van der Waals surface area contributed by atoms with Crippen molar-refractivity contribution in [3.05, 3.63) is 29.3 Å². The summed E-state index contributed by atoms with van der Waals surface area (Å²) in [6, 6.07) is 6.41. The van der Waals surface area contributed by atoms with E-state index in [1.54, 1.807) is 0 Å². The Bertz CT molecular complexity index is 324. The molecule has 1 aromatic rings. The van der Waals surface area contributed by atoms with E-state index >= 15 is 0 Å². The van der Waals surface area contributed by atoms with Crippen molar-refractivity contribution < 1.29 is 0 Å². The Kier molecular flexibility index (Phi) is 7.53. The quantitative estimate of drug-likeness (QED) is 0.638. The smallest absolute Gasteiger partial charge is 0.0686 e. The van der Waals surface area contributed by atoms with Crippen LogP contribution in [0.1, 0.15) is 45.7 Å². The minimum absolute atomic E-state index is 0.683. The molecule has 0 saturated carbocycles. The van der Waals surface area contributed by atoms with Crippen molar-refractivity contribution in [1.82, 2.24) is 0 Å². The third-order valence-electron chi connectivity index (χ3n) is 2.21. The van der Waals surface area contributed by atoms with E-state index in [0.29, 0.717) is 5.92 Å². The van der Waals surface area contributed by atoms with Crippen molar-refractivity contribution in [1.29, 1.82) is 0 Å². The molecule has 0 heterocycles. The van der Waals surface area contributed by atoms with Gasteiger partial charge in [-0.2, -0.15) is 0 Å². The standard InChI is InChI=1S/C13H19N.C2H6/c1-5-14-13-11(4)7-6-8-12(13)9-10(2)3;1-2/h5-8,10H,9H2,1-4H3;1-2H3. The number of aryl methyl sites for hydroxylation is 1. The molecule has 0 aliphatic heterocycles. The van der Waals surface area contributed by atoms with Gasteiger partial charge in [-0.3, -0.25) is 4.99 Å². The van der Waals surface area contributed by atoms with Crippen molar-refractivity contribution >= 4 is 11.9 Å². The summed E-state index contributed by atoms with van der Waals surface area (Å²) in [6.45, 7) is 12.6. The van der Waals surface area contributed by atoms with Gasteiger partial charge < -0.3 is 0 Å². The van der Waals surface area contributed by atoms with Crippen molar-refractivity contribution in [3.8, 4) is 0 Å². The maximum absolute atomic E-state index is 4.43. The number of hydrogen-bond acceptors (Lipinski definition) is 1. The van der Waals surface area contributed by atoms with Crippen molar-refractivity contribution in [2.45, 2.75) is 48.0 Å². The minimum Gasteiger partial charge on any atom is -0.261 e. The fraction of sp³-hybridized carbons (Fsp3) is 0.533. The van der Waals surface area contributed by atoms with Crippen LogP contribution in [0.15, 0.2) is 23.2 Å². The van der Waals surface area contributed by atoms with E-state index in [0.717, 1.165) is 12.1 Å². The molecular formula is C15H25N. The largest absolute Gasteiger partial charge is 0.261 e. The first-order valence-corrected chi connectivity index (χ1v) is 6.22. The summed E-state index contributed by atoms with van der Waals surface area (Å²) in [5.41, 5.74) is 3.78. The lowest BCUT2D eigenvalue weighted by molar-refractivity contribution is 0.647. The van der Waals surface area contributed by atoms with Gasteiger partial charge in [0.25, 0.3) is 0 Å². The first-order chi connectivity index (χ1) is 7.65. The predicted molar refractivity (Wildman–Crippen MR) is 74.9 cm³/mol. The molecule has 0 aliphatic carbocycles. The molecule has 0 aromatic heterocycles. The molecule has 1 aromatic carbocycles. The lowest BCUT2D eigenvalue weighted by Gasteiger charge is -2.10. The van der Waals surface area contributed by atoms with E-state index in [2.05, 4.69) is 44.0 Å². The molecule has 1 nitrogen and oxygen atoms in total. The van der Waals surface area contributed by atoms with Crippen molar-refractivity contribution in [2.24, 2.45) is 10.9 Å². The van der Waals surface area contributed by atoms with Crippen LogP contribution in [0.25, 0.3) is 0 Å². The SMILES string of the molecule is CC.CC=Nc1c(C)cccc1CC(C)C. The van der Waals surface area contributed by atoms with E-state index in [-0.39, 0.29) is 0 Å². The Morgan fingerprint density at radius 2 is 1.88 bits per heavy atom. The fourth-order valence-electron chi connectivity index (χ4n) is 1.64. The molecule has 0 atom stereocenters. The second-order valence-corrected chi connectivity index (χ2v) is 4.07. The molecule has 1 rings (SSSR count). The number of benzene rings is 1.